The zero-order valence-electron chi connectivity index (χ0n) is 12.5. The molecule has 3 nitrogen and oxygen atoms in total. The smallest absolute Gasteiger partial charge is 0.335 e. The number of likely N-dealkylation sites (N-methyl/N-ethyl adjacent to an activating group) is 1. The van der Waals surface area contributed by atoms with Crippen LogP contribution in [0.15, 0.2) is 48.5 Å². The molecule has 0 aliphatic heterocycles. The zero-order chi connectivity index (χ0) is 15.2. The second-order valence-corrected chi connectivity index (χ2v) is 5.38. The highest BCUT2D eigenvalue weighted by molar-refractivity contribution is 5.89. The fourth-order valence-electron chi connectivity index (χ4n) is 2.42. The first-order valence-corrected chi connectivity index (χ1v) is 7.12. The second kappa shape index (κ2) is 7.04. The molecule has 0 unspecified atom stereocenters. The Kier molecular flexibility index (Phi) is 5.12. The van der Waals surface area contributed by atoms with Gasteiger partial charge in [-0.15, -0.1) is 0 Å². The largest absolute Gasteiger partial charge is 0.478 e. The first-order valence-electron chi connectivity index (χ1n) is 7.12. The standard InChI is InChI=1S/C18H21NO2/c1-14-7-3-4-9-16(14)13-19(2)12-11-15-8-5-6-10-17(15)18(20)21/h3-10H,11-13H2,1-2H3,(H,20,21). The summed E-state index contributed by atoms with van der Waals surface area (Å²) >= 11 is 0. The second-order valence-electron chi connectivity index (χ2n) is 5.38. The number of hydrogen-bond acceptors (Lipinski definition) is 2. The van der Waals surface area contributed by atoms with Gasteiger partial charge in [-0.05, 0) is 43.1 Å². The van der Waals surface area contributed by atoms with Crippen molar-refractivity contribution in [2.45, 2.75) is 19.9 Å². The van der Waals surface area contributed by atoms with Crippen molar-refractivity contribution in [3.8, 4) is 0 Å². The normalized spacial score (nSPS) is 10.8. The first kappa shape index (κ1) is 15.3. The molecule has 0 fully saturated rings. The van der Waals surface area contributed by atoms with Gasteiger partial charge in [-0.2, -0.15) is 0 Å². The number of carbonyl (C=O) groups is 1. The van der Waals surface area contributed by atoms with E-state index in [0.717, 1.165) is 25.1 Å². The van der Waals surface area contributed by atoms with Crippen molar-refractivity contribution in [2.24, 2.45) is 0 Å². The van der Waals surface area contributed by atoms with E-state index in [9.17, 15) is 9.90 Å². The number of carboxylic acid groups (broad SMARTS) is 1. The minimum Gasteiger partial charge on any atom is -0.478 e. The summed E-state index contributed by atoms with van der Waals surface area (Å²) in [5.74, 6) is -0.854. The molecule has 0 saturated carbocycles. The Hall–Kier alpha value is -2.13. The molecule has 0 spiro atoms. The van der Waals surface area contributed by atoms with Crippen LogP contribution in [0, 0.1) is 6.92 Å². The van der Waals surface area contributed by atoms with Crippen LogP contribution in [-0.2, 0) is 13.0 Å². The molecule has 1 N–H and O–H groups in total. The van der Waals surface area contributed by atoms with Crippen LogP contribution in [0.1, 0.15) is 27.0 Å². The number of aromatic carboxylic acids is 1. The van der Waals surface area contributed by atoms with E-state index in [2.05, 4.69) is 37.1 Å². The van der Waals surface area contributed by atoms with Gasteiger partial charge in [0.25, 0.3) is 0 Å². The predicted octanol–water partition coefficient (Wildman–Crippen LogP) is 3.37. The van der Waals surface area contributed by atoms with E-state index in [-0.39, 0.29) is 0 Å². The van der Waals surface area contributed by atoms with Gasteiger partial charge >= 0.3 is 5.97 Å². The van der Waals surface area contributed by atoms with E-state index in [1.807, 2.05) is 18.2 Å². The monoisotopic (exact) mass is 283 g/mol. The maximum Gasteiger partial charge on any atom is 0.335 e. The molecule has 2 aromatic rings. The van der Waals surface area contributed by atoms with Gasteiger partial charge in [-0.3, -0.25) is 0 Å². The van der Waals surface area contributed by atoms with E-state index in [1.165, 1.54) is 11.1 Å². The number of aryl methyl sites for hydroxylation is 1. The average Bonchev–Trinajstić information content (AvgIpc) is 2.48. The fourth-order valence-corrected chi connectivity index (χ4v) is 2.42. The predicted molar refractivity (Wildman–Crippen MR) is 84.6 cm³/mol. The lowest BCUT2D eigenvalue weighted by Gasteiger charge is -2.18. The fraction of sp³-hybridized carbons (Fsp3) is 0.278. The number of carboxylic acids is 1. The SMILES string of the molecule is Cc1ccccc1CN(C)CCc1ccccc1C(=O)O. The lowest BCUT2D eigenvalue weighted by molar-refractivity contribution is 0.0695. The van der Waals surface area contributed by atoms with Gasteiger partial charge in [0.15, 0.2) is 0 Å². The Balaban J connectivity index is 1.97. The van der Waals surface area contributed by atoms with Crippen molar-refractivity contribution in [1.82, 2.24) is 4.90 Å². The minimum absolute atomic E-state index is 0.404. The van der Waals surface area contributed by atoms with E-state index in [4.69, 9.17) is 0 Å². The summed E-state index contributed by atoms with van der Waals surface area (Å²) in [6.45, 7) is 3.82. The number of benzene rings is 2. The Morgan fingerprint density at radius 2 is 1.67 bits per heavy atom. The molecule has 0 aromatic heterocycles. The molecule has 2 rings (SSSR count). The molecule has 110 valence electrons. The van der Waals surface area contributed by atoms with Gasteiger partial charge in [0, 0.05) is 13.1 Å². The quantitative estimate of drug-likeness (QED) is 0.883. The van der Waals surface area contributed by atoms with Crippen LogP contribution in [-0.4, -0.2) is 29.6 Å². The van der Waals surface area contributed by atoms with E-state index < -0.39 is 5.97 Å². The van der Waals surface area contributed by atoms with Gasteiger partial charge in [-0.25, -0.2) is 4.79 Å². The Bertz CT molecular complexity index is 622. The summed E-state index contributed by atoms with van der Waals surface area (Å²) in [6.07, 6.45) is 0.741. The van der Waals surface area contributed by atoms with Gasteiger partial charge in [0.05, 0.1) is 5.56 Å². The third kappa shape index (κ3) is 4.17. The van der Waals surface area contributed by atoms with Crippen molar-refractivity contribution in [1.29, 1.82) is 0 Å². The molecule has 0 aliphatic carbocycles. The summed E-state index contributed by atoms with van der Waals surface area (Å²) < 4.78 is 0. The summed E-state index contributed by atoms with van der Waals surface area (Å²) in [5.41, 5.74) is 3.89. The highest BCUT2D eigenvalue weighted by Crippen LogP contribution is 2.12. The van der Waals surface area contributed by atoms with Crippen molar-refractivity contribution in [3.63, 3.8) is 0 Å². The molecule has 0 amide bonds. The van der Waals surface area contributed by atoms with Crippen molar-refractivity contribution >= 4 is 5.97 Å². The van der Waals surface area contributed by atoms with Crippen LogP contribution in [0.25, 0.3) is 0 Å². The van der Waals surface area contributed by atoms with E-state index >= 15 is 0 Å². The van der Waals surface area contributed by atoms with Crippen molar-refractivity contribution in [3.05, 3.63) is 70.8 Å². The molecule has 2 aromatic carbocycles. The van der Waals surface area contributed by atoms with Crippen LogP contribution in [0.3, 0.4) is 0 Å². The Labute approximate surface area is 125 Å². The van der Waals surface area contributed by atoms with Crippen molar-refractivity contribution in [2.75, 3.05) is 13.6 Å². The van der Waals surface area contributed by atoms with Gasteiger partial charge in [-0.1, -0.05) is 42.5 Å². The summed E-state index contributed by atoms with van der Waals surface area (Å²) in [6, 6.07) is 15.6. The first-order chi connectivity index (χ1) is 10.1. The third-order valence-corrected chi connectivity index (χ3v) is 3.71. The molecule has 3 heteroatoms. The Morgan fingerprint density at radius 1 is 1.05 bits per heavy atom. The molecular formula is C18H21NO2. The van der Waals surface area contributed by atoms with Crippen LogP contribution < -0.4 is 0 Å². The molecule has 21 heavy (non-hydrogen) atoms. The molecule has 0 atom stereocenters. The van der Waals surface area contributed by atoms with Gasteiger partial charge in [0.1, 0.15) is 0 Å². The molecule has 0 radical (unpaired) electrons. The highest BCUT2D eigenvalue weighted by atomic mass is 16.4. The molecule has 0 aliphatic rings. The minimum atomic E-state index is -0.854. The highest BCUT2D eigenvalue weighted by Gasteiger charge is 2.10. The summed E-state index contributed by atoms with van der Waals surface area (Å²) in [4.78, 5) is 13.4. The zero-order valence-corrected chi connectivity index (χ0v) is 12.5. The Morgan fingerprint density at radius 3 is 2.33 bits per heavy atom. The summed E-state index contributed by atoms with van der Waals surface area (Å²) in [7, 11) is 2.07. The van der Waals surface area contributed by atoms with Crippen LogP contribution in [0.5, 0.6) is 0 Å². The van der Waals surface area contributed by atoms with Crippen LogP contribution in [0.2, 0.25) is 0 Å². The van der Waals surface area contributed by atoms with Gasteiger partial charge < -0.3 is 10.0 Å². The van der Waals surface area contributed by atoms with E-state index in [1.54, 1.807) is 12.1 Å². The third-order valence-electron chi connectivity index (χ3n) is 3.71. The average molecular weight is 283 g/mol. The number of hydrogen-bond donors (Lipinski definition) is 1. The van der Waals surface area contributed by atoms with Crippen LogP contribution >= 0.6 is 0 Å². The molecule has 0 heterocycles. The number of nitrogens with zero attached hydrogens (tertiary/aromatic N) is 1. The van der Waals surface area contributed by atoms with Crippen LogP contribution in [0.4, 0.5) is 0 Å². The molecular weight excluding hydrogens is 262 g/mol. The van der Waals surface area contributed by atoms with E-state index in [0.29, 0.717) is 5.56 Å². The lowest BCUT2D eigenvalue weighted by Crippen LogP contribution is -2.22. The topological polar surface area (TPSA) is 40.5 Å². The summed E-state index contributed by atoms with van der Waals surface area (Å²) in [5, 5.41) is 9.19. The maximum atomic E-state index is 11.2. The molecule has 0 saturated heterocycles. The molecule has 0 bridgehead atoms. The lowest BCUT2D eigenvalue weighted by atomic mass is 10.0. The van der Waals surface area contributed by atoms with Crippen molar-refractivity contribution < 1.29 is 9.90 Å². The van der Waals surface area contributed by atoms with Gasteiger partial charge in [0.2, 0.25) is 0 Å². The maximum absolute atomic E-state index is 11.2. The number of rotatable bonds is 6.